The topological polar surface area (TPSA) is 3.24 Å². The Hall–Kier alpha value is -1.64. The van der Waals surface area contributed by atoms with Crippen LogP contribution in [-0.2, 0) is 0 Å². The lowest BCUT2D eigenvalue weighted by molar-refractivity contribution is 0.480. The second-order valence-electron chi connectivity index (χ2n) is 2.36. The van der Waals surface area contributed by atoms with Crippen molar-refractivity contribution in [2.24, 2.45) is 0 Å². The first-order valence-corrected chi connectivity index (χ1v) is 3.86. The van der Waals surface area contributed by atoms with Gasteiger partial charge in [0.15, 0.2) is 0 Å². The Morgan fingerprint density at radius 1 is 1.67 bits per heavy atom. The van der Waals surface area contributed by atoms with Crippen LogP contribution in [-0.4, -0.2) is 11.4 Å². The number of hydrogen-bond donors (Lipinski definition) is 0. The minimum atomic E-state index is 0.845. The van der Waals surface area contributed by atoms with Crippen LogP contribution in [0.5, 0.6) is 0 Å². The zero-order valence-corrected chi connectivity index (χ0v) is 7.17. The summed E-state index contributed by atoms with van der Waals surface area (Å²) in [5.41, 5.74) is 4.64. The molecule has 0 N–H and O–H groups in total. The van der Waals surface area contributed by atoms with Crippen molar-refractivity contribution in [3.63, 3.8) is 0 Å². The van der Waals surface area contributed by atoms with Crippen LogP contribution in [0.25, 0.3) is 0 Å². The highest BCUT2D eigenvalue weighted by molar-refractivity contribution is 5.39. The summed E-state index contributed by atoms with van der Waals surface area (Å²) < 4.78 is 0. The smallest absolute Gasteiger partial charge is 0.0925 e. The molecule has 1 nitrogen and oxygen atoms in total. The van der Waals surface area contributed by atoms with Crippen molar-refractivity contribution in [2.45, 2.75) is 6.92 Å². The Morgan fingerprint density at radius 2 is 2.42 bits per heavy atom. The van der Waals surface area contributed by atoms with Crippen LogP contribution < -0.4 is 0 Å². The predicted molar refractivity (Wildman–Crippen MR) is 51.1 cm³/mol. The molecule has 0 aromatic rings. The van der Waals surface area contributed by atoms with E-state index in [4.69, 9.17) is 6.42 Å². The summed E-state index contributed by atoms with van der Waals surface area (Å²) in [6.07, 6.45) is 11.1. The normalized spacial score (nSPS) is 15.2. The van der Waals surface area contributed by atoms with E-state index in [9.17, 15) is 0 Å². The van der Waals surface area contributed by atoms with Gasteiger partial charge in [-0.3, -0.25) is 0 Å². The van der Waals surface area contributed by atoms with E-state index in [2.05, 4.69) is 18.2 Å². The van der Waals surface area contributed by atoms with Gasteiger partial charge in [-0.25, -0.2) is 0 Å². The highest BCUT2D eigenvalue weighted by Crippen LogP contribution is 2.16. The molecule has 0 radical (unpaired) electrons. The fraction of sp³-hybridized carbons (Fsp3) is 0.182. The van der Waals surface area contributed by atoms with Crippen LogP contribution >= 0.6 is 0 Å². The van der Waals surface area contributed by atoms with Crippen molar-refractivity contribution < 1.29 is 0 Å². The molecule has 0 unspecified atom stereocenters. The molecule has 1 rings (SSSR count). The molecule has 0 amide bonds. The summed E-state index contributed by atoms with van der Waals surface area (Å²) in [5, 5.41) is 0. The second kappa shape index (κ2) is 3.67. The van der Waals surface area contributed by atoms with E-state index in [1.54, 1.807) is 0 Å². The standard InChI is InChI=1S/C11H11N/c1-4-10-8-7-9-11(5-2)12(10)6-3/h1,7-9H,2,6H2,3H3. The lowest BCUT2D eigenvalue weighted by atomic mass is 10.2. The van der Waals surface area contributed by atoms with Gasteiger partial charge in [-0.05, 0) is 19.1 Å². The zero-order valence-electron chi connectivity index (χ0n) is 7.17. The largest absolute Gasteiger partial charge is 0.328 e. The molecule has 12 heavy (non-hydrogen) atoms. The summed E-state index contributed by atoms with van der Waals surface area (Å²) in [5.74, 6) is 2.62. The van der Waals surface area contributed by atoms with Gasteiger partial charge in [-0.2, -0.15) is 0 Å². The maximum Gasteiger partial charge on any atom is 0.0925 e. The summed E-state index contributed by atoms with van der Waals surface area (Å²) in [6.45, 7) is 6.49. The molecule has 0 spiro atoms. The van der Waals surface area contributed by atoms with E-state index in [0.717, 1.165) is 17.9 Å². The molecule has 60 valence electrons. The Kier molecular flexibility index (Phi) is 2.58. The van der Waals surface area contributed by atoms with E-state index >= 15 is 0 Å². The molecule has 0 aliphatic carbocycles. The van der Waals surface area contributed by atoms with Crippen LogP contribution in [0.15, 0.2) is 41.9 Å². The monoisotopic (exact) mass is 157 g/mol. The Balaban J connectivity index is 3.06. The third-order valence-electron chi connectivity index (χ3n) is 1.74. The molecule has 1 heterocycles. The third-order valence-corrected chi connectivity index (χ3v) is 1.74. The number of hydrogen-bond acceptors (Lipinski definition) is 1. The molecule has 0 aromatic heterocycles. The summed E-state index contributed by atoms with van der Waals surface area (Å²) >= 11 is 0. The summed E-state index contributed by atoms with van der Waals surface area (Å²) in [4.78, 5) is 1.99. The first-order chi connectivity index (χ1) is 5.83. The third kappa shape index (κ3) is 1.34. The van der Waals surface area contributed by atoms with Gasteiger partial charge >= 0.3 is 0 Å². The number of nitrogens with zero attached hydrogens (tertiary/aromatic N) is 1. The van der Waals surface area contributed by atoms with Gasteiger partial charge in [0.1, 0.15) is 0 Å². The van der Waals surface area contributed by atoms with E-state index in [1.807, 2.05) is 30.1 Å². The van der Waals surface area contributed by atoms with E-state index in [-0.39, 0.29) is 0 Å². The molecule has 0 bridgehead atoms. The van der Waals surface area contributed by atoms with Crippen LogP contribution in [0.2, 0.25) is 0 Å². The Morgan fingerprint density at radius 3 is 2.92 bits per heavy atom. The predicted octanol–water partition coefficient (Wildman–Crippen LogP) is 2.06. The van der Waals surface area contributed by atoms with Gasteiger partial charge in [-0.1, -0.05) is 18.6 Å². The number of allylic oxidation sites excluding steroid dienone is 4. The average molecular weight is 157 g/mol. The van der Waals surface area contributed by atoms with E-state index in [1.165, 1.54) is 0 Å². The van der Waals surface area contributed by atoms with E-state index < -0.39 is 0 Å². The van der Waals surface area contributed by atoms with Gasteiger partial charge in [-0.15, -0.1) is 12.2 Å². The summed E-state index contributed by atoms with van der Waals surface area (Å²) in [6, 6.07) is 0. The molecule has 0 fully saturated rings. The molecular weight excluding hydrogens is 146 g/mol. The van der Waals surface area contributed by atoms with Crippen LogP contribution in [0.3, 0.4) is 0 Å². The fourth-order valence-electron chi connectivity index (χ4n) is 1.16. The fourth-order valence-corrected chi connectivity index (χ4v) is 1.16. The number of terminal acetylenes is 1. The first-order valence-electron chi connectivity index (χ1n) is 3.86. The molecule has 1 aliphatic rings. The summed E-state index contributed by atoms with van der Waals surface area (Å²) in [7, 11) is 0. The highest BCUT2D eigenvalue weighted by atomic mass is 15.1. The quantitative estimate of drug-likeness (QED) is 0.416. The zero-order chi connectivity index (χ0) is 8.97. The van der Waals surface area contributed by atoms with Crippen molar-refractivity contribution in [1.29, 1.82) is 0 Å². The van der Waals surface area contributed by atoms with Gasteiger partial charge < -0.3 is 4.90 Å². The van der Waals surface area contributed by atoms with Crippen LogP contribution in [0.1, 0.15) is 6.92 Å². The van der Waals surface area contributed by atoms with Crippen molar-refractivity contribution in [3.05, 3.63) is 41.9 Å². The molecule has 1 aliphatic heterocycles. The molecule has 0 aromatic carbocycles. The lowest BCUT2D eigenvalue weighted by Gasteiger charge is -2.24. The second-order valence-corrected chi connectivity index (χ2v) is 2.36. The van der Waals surface area contributed by atoms with E-state index in [0.29, 0.717) is 0 Å². The van der Waals surface area contributed by atoms with Crippen LogP contribution in [0, 0.1) is 12.3 Å². The minimum absolute atomic E-state index is 0.845. The van der Waals surface area contributed by atoms with Gasteiger partial charge in [0.25, 0.3) is 0 Å². The van der Waals surface area contributed by atoms with Gasteiger partial charge in [0.2, 0.25) is 0 Å². The molecule has 0 atom stereocenters. The minimum Gasteiger partial charge on any atom is -0.328 e. The lowest BCUT2D eigenvalue weighted by Crippen LogP contribution is -2.21. The van der Waals surface area contributed by atoms with Crippen molar-refractivity contribution in [3.8, 4) is 12.3 Å². The molecular formula is C11H11N. The van der Waals surface area contributed by atoms with Crippen LogP contribution in [0.4, 0.5) is 0 Å². The van der Waals surface area contributed by atoms with Gasteiger partial charge in [0.05, 0.1) is 11.4 Å². The molecule has 0 saturated heterocycles. The first kappa shape index (κ1) is 8.46. The van der Waals surface area contributed by atoms with Crippen molar-refractivity contribution in [1.82, 2.24) is 4.90 Å². The molecule has 1 heteroatoms. The number of likely N-dealkylation sites (N-methyl/N-ethyl adjacent to an activating group) is 1. The number of rotatable bonds is 1. The van der Waals surface area contributed by atoms with Gasteiger partial charge in [0, 0.05) is 6.54 Å². The van der Waals surface area contributed by atoms with Crippen molar-refractivity contribution >= 4 is 0 Å². The Labute approximate surface area is 73.4 Å². The highest BCUT2D eigenvalue weighted by Gasteiger charge is 2.10. The SMILES string of the molecule is C#CC1=CC=CC(=C=C)N1CC. The maximum absolute atomic E-state index is 5.33. The average Bonchev–Trinajstić information content (AvgIpc) is 2.16. The Bertz CT molecular complexity index is 319. The molecule has 0 saturated carbocycles. The van der Waals surface area contributed by atoms with Crippen molar-refractivity contribution in [2.75, 3.05) is 6.54 Å². The maximum atomic E-state index is 5.33.